The summed E-state index contributed by atoms with van der Waals surface area (Å²) >= 11 is 0. The number of amides is 1. The number of hydrogen-bond acceptors (Lipinski definition) is 1. The molecule has 136 valence electrons. The summed E-state index contributed by atoms with van der Waals surface area (Å²) in [5.74, 6) is -0.480. The second-order valence-electron chi connectivity index (χ2n) is 7.46. The van der Waals surface area contributed by atoms with E-state index < -0.39 is 5.54 Å². The van der Waals surface area contributed by atoms with Gasteiger partial charge in [-0.15, -0.1) is 0 Å². The highest BCUT2D eigenvalue weighted by Gasteiger charge is 2.36. The van der Waals surface area contributed by atoms with E-state index in [0.29, 0.717) is 24.1 Å². The van der Waals surface area contributed by atoms with Crippen LogP contribution in [-0.4, -0.2) is 17.4 Å². The van der Waals surface area contributed by atoms with Gasteiger partial charge in [0, 0.05) is 17.7 Å². The highest BCUT2D eigenvalue weighted by Crippen LogP contribution is 2.35. The minimum Gasteiger partial charge on any atom is -0.329 e. The predicted octanol–water partition coefficient (Wildman–Crippen LogP) is 5.53. The Labute approximate surface area is 158 Å². The van der Waals surface area contributed by atoms with Gasteiger partial charge >= 0.3 is 0 Å². The van der Waals surface area contributed by atoms with Crippen LogP contribution in [0.4, 0.5) is 4.39 Å². The predicted molar refractivity (Wildman–Crippen MR) is 108 cm³/mol. The first-order valence-corrected chi connectivity index (χ1v) is 9.25. The molecule has 0 aliphatic carbocycles. The number of benzene rings is 3. The molecule has 3 aromatic rings. The third-order valence-corrected chi connectivity index (χ3v) is 5.47. The Bertz CT molecular complexity index is 1050. The maximum absolute atomic E-state index is 14.3. The normalized spacial score (nSPS) is 15.1. The number of carbonyl (C=O) groups is 1. The van der Waals surface area contributed by atoms with Crippen molar-refractivity contribution in [2.75, 3.05) is 6.54 Å². The van der Waals surface area contributed by atoms with Gasteiger partial charge in [0.2, 0.25) is 0 Å². The summed E-state index contributed by atoms with van der Waals surface area (Å²) in [6.07, 6.45) is 2.57. The van der Waals surface area contributed by atoms with Crippen molar-refractivity contribution in [2.24, 2.45) is 0 Å². The van der Waals surface area contributed by atoms with Crippen molar-refractivity contribution in [3.05, 3.63) is 89.8 Å². The molecule has 0 aromatic heterocycles. The van der Waals surface area contributed by atoms with Crippen molar-refractivity contribution in [1.82, 2.24) is 4.90 Å². The first-order valence-electron chi connectivity index (χ1n) is 9.25. The Morgan fingerprint density at radius 2 is 1.63 bits per heavy atom. The van der Waals surface area contributed by atoms with Crippen LogP contribution >= 0.6 is 0 Å². The van der Waals surface area contributed by atoms with Crippen molar-refractivity contribution >= 4 is 22.3 Å². The van der Waals surface area contributed by atoms with E-state index in [0.717, 1.165) is 10.9 Å². The summed E-state index contributed by atoms with van der Waals surface area (Å²) < 4.78 is 14.3. The Morgan fingerprint density at radius 3 is 2.41 bits per heavy atom. The van der Waals surface area contributed by atoms with Crippen molar-refractivity contribution < 1.29 is 9.18 Å². The lowest BCUT2D eigenvalue weighted by Gasteiger charge is -2.41. The van der Waals surface area contributed by atoms with Crippen LogP contribution in [0, 0.1) is 5.82 Å². The van der Waals surface area contributed by atoms with E-state index >= 15 is 0 Å². The van der Waals surface area contributed by atoms with E-state index in [-0.39, 0.29) is 11.7 Å². The fourth-order valence-electron chi connectivity index (χ4n) is 3.84. The standard InChI is InChI=1S/C24H22FNO/c1-24(2,19-14-13-17-8-3-4-9-18(17)16-19)26-15-7-11-21(23(26)27)20-10-5-6-12-22(20)25/h3-6,8-14,16H,7,15H2,1-2H3. The van der Waals surface area contributed by atoms with Crippen LogP contribution in [0.2, 0.25) is 0 Å². The fraction of sp³-hybridized carbons (Fsp3) is 0.208. The van der Waals surface area contributed by atoms with Gasteiger partial charge in [-0.05, 0) is 48.7 Å². The van der Waals surface area contributed by atoms with Crippen LogP contribution in [0.1, 0.15) is 31.4 Å². The molecule has 3 aromatic carbocycles. The zero-order valence-electron chi connectivity index (χ0n) is 15.6. The van der Waals surface area contributed by atoms with Crippen molar-refractivity contribution in [2.45, 2.75) is 25.8 Å². The number of halogens is 1. The molecule has 0 atom stereocenters. The molecule has 27 heavy (non-hydrogen) atoms. The molecule has 1 heterocycles. The summed E-state index contributed by atoms with van der Waals surface area (Å²) in [5, 5.41) is 2.33. The number of fused-ring (bicyclic) bond motifs is 1. The third-order valence-electron chi connectivity index (χ3n) is 5.47. The second kappa shape index (κ2) is 6.66. The number of carbonyl (C=O) groups excluding carboxylic acids is 1. The van der Waals surface area contributed by atoms with Crippen LogP contribution in [0.15, 0.2) is 72.8 Å². The van der Waals surface area contributed by atoms with E-state index in [1.807, 2.05) is 23.1 Å². The van der Waals surface area contributed by atoms with Crippen LogP contribution in [0.3, 0.4) is 0 Å². The Hall–Kier alpha value is -2.94. The minimum atomic E-state index is -0.494. The number of nitrogens with zero attached hydrogens (tertiary/aromatic N) is 1. The zero-order chi connectivity index (χ0) is 19.0. The molecule has 0 bridgehead atoms. The van der Waals surface area contributed by atoms with E-state index in [4.69, 9.17) is 0 Å². The Kier molecular flexibility index (Phi) is 4.31. The lowest BCUT2D eigenvalue weighted by molar-refractivity contribution is -0.131. The molecule has 0 radical (unpaired) electrons. The topological polar surface area (TPSA) is 20.3 Å². The first-order chi connectivity index (χ1) is 13.0. The molecule has 4 rings (SSSR count). The second-order valence-corrected chi connectivity index (χ2v) is 7.46. The molecule has 0 unspecified atom stereocenters. The van der Waals surface area contributed by atoms with Crippen LogP contribution in [0.5, 0.6) is 0 Å². The Balaban J connectivity index is 1.72. The monoisotopic (exact) mass is 359 g/mol. The lowest BCUT2D eigenvalue weighted by atomic mass is 9.87. The highest BCUT2D eigenvalue weighted by atomic mass is 19.1. The molecule has 3 heteroatoms. The molecule has 1 aliphatic rings. The maximum Gasteiger partial charge on any atom is 0.254 e. The molecule has 0 saturated heterocycles. The average Bonchev–Trinajstić information content (AvgIpc) is 2.68. The van der Waals surface area contributed by atoms with Gasteiger partial charge < -0.3 is 4.90 Å². The van der Waals surface area contributed by atoms with E-state index in [1.165, 1.54) is 11.5 Å². The smallest absolute Gasteiger partial charge is 0.254 e. The summed E-state index contributed by atoms with van der Waals surface area (Å²) in [7, 11) is 0. The molecule has 2 nitrogen and oxygen atoms in total. The SMILES string of the molecule is CC(C)(c1ccc2ccccc2c1)N1CCC=C(c2ccccc2F)C1=O. The van der Waals surface area contributed by atoms with Gasteiger partial charge in [-0.25, -0.2) is 4.39 Å². The maximum atomic E-state index is 14.3. The van der Waals surface area contributed by atoms with Crippen molar-refractivity contribution in [3.63, 3.8) is 0 Å². The summed E-state index contributed by atoms with van der Waals surface area (Å²) in [6.45, 7) is 4.73. The van der Waals surface area contributed by atoms with E-state index in [1.54, 1.807) is 18.2 Å². The molecular weight excluding hydrogens is 337 g/mol. The van der Waals surface area contributed by atoms with Crippen LogP contribution in [-0.2, 0) is 10.3 Å². The lowest BCUT2D eigenvalue weighted by Crippen LogP contribution is -2.48. The molecule has 0 N–H and O–H groups in total. The molecule has 0 saturated carbocycles. The molecule has 1 aliphatic heterocycles. The summed E-state index contributed by atoms with van der Waals surface area (Å²) in [6, 6.07) is 21.0. The zero-order valence-corrected chi connectivity index (χ0v) is 15.6. The molecule has 1 amide bonds. The van der Waals surface area contributed by atoms with Gasteiger partial charge in [0.15, 0.2) is 0 Å². The van der Waals surface area contributed by atoms with Gasteiger partial charge in [-0.2, -0.15) is 0 Å². The number of rotatable bonds is 3. The van der Waals surface area contributed by atoms with Crippen LogP contribution in [0.25, 0.3) is 16.3 Å². The van der Waals surface area contributed by atoms with E-state index in [9.17, 15) is 9.18 Å². The van der Waals surface area contributed by atoms with Gasteiger partial charge in [-0.1, -0.05) is 60.7 Å². The van der Waals surface area contributed by atoms with Crippen molar-refractivity contribution in [1.29, 1.82) is 0 Å². The third kappa shape index (κ3) is 3.03. The minimum absolute atomic E-state index is 0.121. The van der Waals surface area contributed by atoms with Gasteiger partial charge in [0.1, 0.15) is 5.82 Å². The number of hydrogen-bond donors (Lipinski definition) is 0. The average molecular weight is 359 g/mol. The van der Waals surface area contributed by atoms with Gasteiger partial charge in [0.25, 0.3) is 5.91 Å². The van der Waals surface area contributed by atoms with Gasteiger partial charge in [0.05, 0.1) is 5.54 Å². The summed E-state index contributed by atoms with van der Waals surface area (Å²) in [5.41, 5.74) is 1.41. The van der Waals surface area contributed by atoms with Crippen molar-refractivity contribution in [3.8, 4) is 0 Å². The molecule has 0 fully saturated rings. The van der Waals surface area contributed by atoms with Crippen LogP contribution < -0.4 is 0 Å². The summed E-state index contributed by atoms with van der Waals surface area (Å²) in [4.78, 5) is 15.1. The molecule has 0 spiro atoms. The molecular formula is C24H22FNO. The highest BCUT2D eigenvalue weighted by molar-refractivity contribution is 6.20. The fourth-order valence-corrected chi connectivity index (χ4v) is 3.84. The first kappa shape index (κ1) is 17.5. The van der Waals surface area contributed by atoms with Gasteiger partial charge in [-0.3, -0.25) is 4.79 Å². The largest absolute Gasteiger partial charge is 0.329 e. The quantitative estimate of drug-likeness (QED) is 0.602. The van der Waals surface area contributed by atoms with E-state index in [2.05, 4.69) is 44.2 Å². The Morgan fingerprint density at radius 1 is 0.926 bits per heavy atom.